The Morgan fingerprint density at radius 1 is 1.09 bits per heavy atom. The van der Waals surface area contributed by atoms with Crippen molar-refractivity contribution in [2.75, 3.05) is 43.1 Å². The van der Waals surface area contributed by atoms with Crippen LogP contribution >= 0.6 is 11.6 Å². The topological polar surface area (TPSA) is 70.6 Å². The normalized spacial score (nSPS) is 15.7. The summed E-state index contributed by atoms with van der Waals surface area (Å²) >= 11 is 6.07. The Morgan fingerprint density at radius 2 is 1.91 bits per heavy atom. The third-order valence-electron chi connectivity index (χ3n) is 6.20. The van der Waals surface area contributed by atoms with Gasteiger partial charge < -0.3 is 19.9 Å². The first kappa shape index (κ1) is 22.6. The Bertz CT molecular complexity index is 1200. The molecule has 8 heteroatoms. The van der Waals surface area contributed by atoms with Crippen molar-refractivity contribution >= 4 is 29.1 Å². The van der Waals surface area contributed by atoms with Gasteiger partial charge in [-0.1, -0.05) is 47.5 Å². The lowest BCUT2D eigenvalue weighted by Crippen LogP contribution is -2.42. The van der Waals surface area contributed by atoms with Crippen molar-refractivity contribution in [1.29, 1.82) is 0 Å². The van der Waals surface area contributed by atoms with E-state index in [9.17, 15) is 4.79 Å². The van der Waals surface area contributed by atoms with E-state index in [0.29, 0.717) is 49.9 Å². The lowest BCUT2D eigenvalue weighted by Gasteiger charge is -2.34. The SMILES string of the molecule is Cc1cccc(Cc2nc3c(c(N4CCOCC4)n2)CN(C(=O)Nc2cccc(Cl)c2)CC3)c1. The Morgan fingerprint density at radius 3 is 2.71 bits per heavy atom. The van der Waals surface area contributed by atoms with E-state index in [1.165, 1.54) is 11.1 Å². The van der Waals surface area contributed by atoms with Gasteiger partial charge in [0.2, 0.25) is 0 Å². The number of carbonyl (C=O) groups excluding carboxylic acids is 1. The van der Waals surface area contributed by atoms with Crippen LogP contribution in [0.2, 0.25) is 5.02 Å². The second-order valence-corrected chi connectivity index (χ2v) is 9.20. The molecule has 5 rings (SSSR count). The van der Waals surface area contributed by atoms with Crippen molar-refractivity contribution < 1.29 is 9.53 Å². The lowest BCUT2D eigenvalue weighted by atomic mass is 10.0. The van der Waals surface area contributed by atoms with Crippen LogP contribution in [0, 0.1) is 6.92 Å². The van der Waals surface area contributed by atoms with Gasteiger partial charge in [-0.2, -0.15) is 0 Å². The fraction of sp³-hybridized carbons (Fsp3) is 0.346. The first-order valence-corrected chi connectivity index (χ1v) is 12.0. The molecule has 0 saturated carbocycles. The van der Waals surface area contributed by atoms with E-state index in [1.54, 1.807) is 12.1 Å². The van der Waals surface area contributed by atoms with Crippen LogP contribution in [0.5, 0.6) is 0 Å². The number of nitrogens with one attached hydrogen (secondary N) is 1. The molecule has 0 radical (unpaired) electrons. The van der Waals surface area contributed by atoms with Crippen molar-refractivity contribution in [2.24, 2.45) is 0 Å². The van der Waals surface area contributed by atoms with Gasteiger partial charge in [-0.25, -0.2) is 14.8 Å². The third kappa shape index (κ3) is 5.16. The zero-order valence-electron chi connectivity index (χ0n) is 19.3. The average molecular weight is 478 g/mol. The highest BCUT2D eigenvalue weighted by molar-refractivity contribution is 6.30. The lowest BCUT2D eigenvalue weighted by molar-refractivity contribution is 0.122. The Labute approximate surface area is 204 Å². The second kappa shape index (κ2) is 9.99. The number of anilines is 2. The van der Waals surface area contributed by atoms with Gasteiger partial charge in [0.05, 0.1) is 25.5 Å². The Balaban J connectivity index is 1.42. The number of ether oxygens (including phenoxy) is 1. The maximum Gasteiger partial charge on any atom is 0.322 e. The van der Waals surface area contributed by atoms with Gasteiger partial charge in [0, 0.05) is 48.7 Å². The first-order chi connectivity index (χ1) is 16.5. The molecule has 2 aromatic carbocycles. The molecule has 0 bridgehead atoms. The van der Waals surface area contributed by atoms with E-state index in [4.69, 9.17) is 26.3 Å². The van der Waals surface area contributed by atoms with Crippen LogP contribution in [0.15, 0.2) is 48.5 Å². The van der Waals surface area contributed by atoms with Gasteiger partial charge in [-0.15, -0.1) is 0 Å². The molecular weight excluding hydrogens is 450 g/mol. The predicted octanol–water partition coefficient (Wildman–Crippen LogP) is 4.46. The molecule has 3 heterocycles. The molecule has 1 saturated heterocycles. The van der Waals surface area contributed by atoms with Gasteiger partial charge in [0.25, 0.3) is 0 Å². The van der Waals surface area contributed by atoms with Crippen molar-refractivity contribution in [2.45, 2.75) is 26.3 Å². The van der Waals surface area contributed by atoms with Crippen molar-refractivity contribution in [1.82, 2.24) is 14.9 Å². The number of hydrogen-bond acceptors (Lipinski definition) is 5. The van der Waals surface area contributed by atoms with Crippen LogP contribution in [0.3, 0.4) is 0 Å². The number of halogens is 1. The van der Waals surface area contributed by atoms with Crippen molar-refractivity contribution in [3.05, 3.63) is 81.8 Å². The van der Waals surface area contributed by atoms with Crippen LogP contribution in [-0.2, 0) is 24.1 Å². The molecule has 2 aliphatic rings. The minimum atomic E-state index is -0.148. The van der Waals surface area contributed by atoms with Crippen LogP contribution in [0.1, 0.15) is 28.2 Å². The van der Waals surface area contributed by atoms with Crippen LogP contribution in [0.25, 0.3) is 0 Å². The minimum absolute atomic E-state index is 0.148. The van der Waals surface area contributed by atoms with Crippen LogP contribution < -0.4 is 10.2 Å². The predicted molar refractivity (Wildman–Crippen MR) is 134 cm³/mol. The van der Waals surface area contributed by atoms with E-state index in [-0.39, 0.29) is 6.03 Å². The number of fused-ring (bicyclic) bond motifs is 1. The highest BCUT2D eigenvalue weighted by atomic mass is 35.5. The molecule has 0 spiro atoms. The van der Waals surface area contributed by atoms with Crippen LogP contribution in [-0.4, -0.2) is 53.7 Å². The smallest absolute Gasteiger partial charge is 0.322 e. The number of urea groups is 1. The molecule has 2 aliphatic heterocycles. The van der Waals surface area contributed by atoms with Gasteiger partial charge in [0.1, 0.15) is 11.6 Å². The molecule has 0 atom stereocenters. The number of aryl methyl sites for hydroxylation is 1. The van der Waals surface area contributed by atoms with Crippen molar-refractivity contribution in [3.63, 3.8) is 0 Å². The number of amides is 2. The summed E-state index contributed by atoms with van der Waals surface area (Å²) in [6.07, 6.45) is 1.38. The molecule has 1 fully saturated rings. The molecule has 2 amide bonds. The summed E-state index contributed by atoms with van der Waals surface area (Å²) in [6.45, 7) is 6.07. The number of carbonyl (C=O) groups is 1. The van der Waals surface area contributed by atoms with Crippen molar-refractivity contribution in [3.8, 4) is 0 Å². The molecule has 1 aromatic heterocycles. The zero-order chi connectivity index (χ0) is 23.5. The van der Waals surface area contributed by atoms with E-state index in [1.807, 2.05) is 17.0 Å². The molecule has 0 unspecified atom stereocenters. The summed E-state index contributed by atoms with van der Waals surface area (Å²) in [5.41, 5.74) is 5.17. The van der Waals surface area contributed by atoms with E-state index >= 15 is 0 Å². The number of hydrogen-bond donors (Lipinski definition) is 1. The highest BCUT2D eigenvalue weighted by Gasteiger charge is 2.28. The largest absolute Gasteiger partial charge is 0.378 e. The maximum absolute atomic E-state index is 13.0. The maximum atomic E-state index is 13.0. The van der Waals surface area contributed by atoms with E-state index in [2.05, 4.69) is 41.4 Å². The zero-order valence-corrected chi connectivity index (χ0v) is 20.0. The summed E-state index contributed by atoms with van der Waals surface area (Å²) < 4.78 is 5.57. The third-order valence-corrected chi connectivity index (χ3v) is 6.44. The number of nitrogens with zero attached hydrogens (tertiary/aromatic N) is 4. The molecular formula is C26H28ClN5O2. The molecule has 3 aromatic rings. The fourth-order valence-electron chi connectivity index (χ4n) is 4.51. The van der Waals surface area contributed by atoms with E-state index < -0.39 is 0 Å². The number of rotatable bonds is 4. The average Bonchev–Trinajstić information content (AvgIpc) is 2.84. The molecule has 7 nitrogen and oxygen atoms in total. The van der Waals surface area contributed by atoms with Gasteiger partial charge >= 0.3 is 6.03 Å². The summed E-state index contributed by atoms with van der Waals surface area (Å²) in [4.78, 5) is 27.0. The summed E-state index contributed by atoms with van der Waals surface area (Å²) in [6, 6.07) is 15.5. The number of morpholine rings is 1. The number of aromatic nitrogens is 2. The minimum Gasteiger partial charge on any atom is -0.378 e. The molecule has 34 heavy (non-hydrogen) atoms. The molecule has 0 aliphatic carbocycles. The Hall–Kier alpha value is -3.16. The summed E-state index contributed by atoms with van der Waals surface area (Å²) in [5, 5.41) is 3.55. The fourth-order valence-corrected chi connectivity index (χ4v) is 4.70. The second-order valence-electron chi connectivity index (χ2n) is 8.77. The summed E-state index contributed by atoms with van der Waals surface area (Å²) in [5.74, 6) is 1.75. The van der Waals surface area contributed by atoms with Gasteiger partial charge in [-0.3, -0.25) is 0 Å². The Kier molecular flexibility index (Phi) is 6.65. The molecule has 1 N–H and O–H groups in total. The highest BCUT2D eigenvalue weighted by Crippen LogP contribution is 2.29. The number of benzene rings is 2. The quantitative estimate of drug-likeness (QED) is 0.601. The molecule has 176 valence electrons. The summed E-state index contributed by atoms with van der Waals surface area (Å²) in [7, 11) is 0. The van der Waals surface area contributed by atoms with Gasteiger partial charge in [-0.05, 0) is 30.7 Å². The van der Waals surface area contributed by atoms with E-state index in [0.717, 1.165) is 36.0 Å². The first-order valence-electron chi connectivity index (χ1n) is 11.6. The van der Waals surface area contributed by atoms with Gasteiger partial charge in [0.15, 0.2) is 0 Å². The van der Waals surface area contributed by atoms with Crippen LogP contribution in [0.4, 0.5) is 16.3 Å². The standard InChI is InChI=1S/C26H28ClN5O2/c1-18-4-2-5-19(14-18)15-24-29-23-8-9-32(26(33)28-21-7-3-6-20(27)16-21)17-22(23)25(30-24)31-10-12-34-13-11-31/h2-7,14,16H,8-13,15,17H2,1H3,(H,28,33). The monoisotopic (exact) mass is 477 g/mol.